The molecule has 2 rings (SSSR count). The van der Waals surface area contributed by atoms with Crippen LogP contribution in [-0.2, 0) is 4.79 Å². The van der Waals surface area contributed by atoms with Crippen LogP contribution in [0.1, 0.15) is 0 Å². The van der Waals surface area contributed by atoms with Crippen molar-refractivity contribution in [3.63, 3.8) is 0 Å². The number of carbonyl (C=O) groups excluding carboxylic acids is 1. The fourth-order valence-corrected chi connectivity index (χ4v) is 2.75. The molecule has 0 heterocycles. The lowest BCUT2D eigenvalue weighted by atomic mass is 10.3. The fraction of sp³-hybridized carbons (Fsp3) is 0.133. The van der Waals surface area contributed by atoms with E-state index in [0.717, 1.165) is 8.95 Å². The second-order valence-electron chi connectivity index (χ2n) is 3.99. The molecule has 0 aliphatic heterocycles. The van der Waals surface area contributed by atoms with Gasteiger partial charge < -0.3 is 14.2 Å². The highest BCUT2D eigenvalue weighted by molar-refractivity contribution is 9.11. The van der Waals surface area contributed by atoms with E-state index in [-0.39, 0.29) is 6.61 Å². The molecule has 0 N–H and O–H groups in total. The molecule has 2 aromatic carbocycles. The zero-order valence-corrected chi connectivity index (χ0v) is 14.3. The maximum absolute atomic E-state index is 11.8. The molecule has 0 amide bonds. The van der Waals surface area contributed by atoms with Crippen molar-refractivity contribution < 1.29 is 19.0 Å². The van der Waals surface area contributed by atoms with Gasteiger partial charge in [0, 0.05) is 4.47 Å². The summed E-state index contributed by atoms with van der Waals surface area (Å²) < 4.78 is 17.4. The number of halogens is 2. The molecule has 0 unspecified atom stereocenters. The number of esters is 1. The minimum atomic E-state index is -0.505. The highest BCUT2D eigenvalue weighted by Gasteiger charge is 2.11. The third kappa shape index (κ3) is 4.47. The Bertz CT molecular complexity index is 643. The summed E-state index contributed by atoms with van der Waals surface area (Å²) in [5.74, 6) is 0.920. The quantitative estimate of drug-likeness (QED) is 0.542. The molecule has 110 valence electrons. The van der Waals surface area contributed by atoms with Gasteiger partial charge in [-0.3, -0.25) is 0 Å². The van der Waals surface area contributed by atoms with Gasteiger partial charge in [0.05, 0.1) is 11.6 Å². The van der Waals surface area contributed by atoms with E-state index in [2.05, 4.69) is 31.9 Å². The molecule has 0 saturated carbocycles. The van der Waals surface area contributed by atoms with Crippen molar-refractivity contribution in [2.24, 2.45) is 0 Å². The molecule has 21 heavy (non-hydrogen) atoms. The molecular weight excluding hydrogens is 404 g/mol. The van der Waals surface area contributed by atoms with Crippen LogP contribution in [0.5, 0.6) is 17.2 Å². The number of methoxy groups -OCH3 is 1. The van der Waals surface area contributed by atoms with Crippen molar-refractivity contribution in [1.29, 1.82) is 0 Å². The number of rotatable bonds is 5. The molecule has 0 aliphatic rings. The van der Waals surface area contributed by atoms with Crippen molar-refractivity contribution in [2.45, 2.75) is 0 Å². The molecule has 0 atom stereocenters. The Morgan fingerprint density at radius 1 is 1.05 bits per heavy atom. The van der Waals surface area contributed by atoms with Crippen molar-refractivity contribution >= 4 is 37.8 Å². The predicted molar refractivity (Wildman–Crippen MR) is 86.0 cm³/mol. The lowest BCUT2D eigenvalue weighted by Gasteiger charge is -2.10. The summed E-state index contributed by atoms with van der Waals surface area (Å²) in [5.41, 5.74) is 0. The zero-order chi connectivity index (χ0) is 15.2. The van der Waals surface area contributed by atoms with E-state index in [4.69, 9.17) is 14.2 Å². The van der Waals surface area contributed by atoms with E-state index in [1.54, 1.807) is 30.3 Å². The normalized spacial score (nSPS) is 10.0. The summed E-state index contributed by atoms with van der Waals surface area (Å²) in [7, 11) is 1.52. The molecular formula is C15H12Br2O4. The lowest BCUT2D eigenvalue weighted by molar-refractivity contribution is -0.136. The zero-order valence-electron chi connectivity index (χ0n) is 11.1. The highest BCUT2D eigenvalue weighted by atomic mass is 79.9. The minimum absolute atomic E-state index is 0.196. The van der Waals surface area contributed by atoms with E-state index in [0.29, 0.717) is 17.2 Å². The Labute approximate surface area is 139 Å². The van der Waals surface area contributed by atoms with Crippen LogP contribution in [0.15, 0.2) is 51.4 Å². The van der Waals surface area contributed by atoms with Gasteiger partial charge in [-0.1, -0.05) is 28.1 Å². The van der Waals surface area contributed by atoms with Gasteiger partial charge in [-0.15, -0.1) is 0 Å². The van der Waals surface area contributed by atoms with Crippen molar-refractivity contribution in [3.8, 4) is 17.2 Å². The van der Waals surface area contributed by atoms with Crippen LogP contribution >= 0.6 is 31.9 Å². The van der Waals surface area contributed by atoms with E-state index in [1.165, 1.54) is 7.11 Å². The summed E-state index contributed by atoms with van der Waals surface area (Å²) in [6.45, 7) is -0.196. The second kappa shape index (κ2) is 7.47. The number of hydrogen-bond acceptors (Lipinski definition) is 4. The highest BCUT2D eigenvalue weighted by Crippen LogP contribution is 2.29. The maximum atomic E-state index is 11.8. The van der Waals surface area contributed by atoms with Gasteiger partial charge in [-0.05, 0) is 46.3 Å². The van der Waals surface area contributed by atoms with E-state index in [9.17, 15) is 4.79 Å². The molecule has 0 radical (unpaired) electrons. The Kier molecular flexibility index (Phi) is 5.64. The molecule has 0 bridgehead atoms. The number of para-hydroxylation sites is 2. The van der Waals surface area contributed by atoms with Gasteiger partial charge in [-0.25, -0.2) is 4.79 Å². The first-order valence-corrected chi connectivity index (χ1v) is 7.60. The first-order valence-electron chi connectivity index (χ1n) is 6.01. The Morgan fingerprint density at radius 2 is 1.76 bits per heavy atom. The SMILES string of the molecule is COc1ccccc1OC(=O)COc1ccc(Br)cc1Br. The Morgan fingerprint density at radius 3 is 2.43 bits per heavy atom. The fourth-order valence-electron chi connectivity index (χ4n) is 1.58. The van der Waals surface area contributed by atoms with Crippen LogP contribution in [0.3, 0.4) is 0 Å². The summed E-state index contributed by atoms with van der Waals surface area (Å²) >= 11 is 6.71. The van der Waals surface area contributed by atoms with Gasteiger partial charge in [0.1, 0.15) is 5.75 Å². The molecule has 0 aliphatic carbocycles. The molecule has 2 aromatic rings. The van der Waals surface area contributed by atoms with Crippen LogP contribution in [0.2, 0.25) is 0 Å². The summed E-state index contributed by atoms with van der Waals surface area (Å²) in [4.78, 5) is 11.8. The van der Waals surface area contributed by atoms with Crippen molar-refractivity contribution in [2.75, 3.05) is 13.7 Å². The third-order valence-electron chi connectivity index (χ3n) is 2.53. The monoisotopic (exact) mass is 414 g/mol. The maximum Gasteiger partial charge on any atom is 0.349 e. The van der Waals surface area contributed by atoms with Gasteiger partial charge in [-0.2, -0.15) is 0 Å². The standard InChI is InChI=1S/C15H12Br2O4/c1-19-13-4-2-3-5-14(13)21-15(18)9-20-12-7-6-10(16)8-11(12)17/h2-8H,9H2,1H3. The molecule has 4 nitrogen and oxygen atoms in total. The summed E-state index contributed by atoms with van der Waals surface area (Å²) in [5, 5.41) is 0. The molecule has 0 saturated heterocycles. The van der Waals surface area contributed by atoms with Gasteiger partial charge in [0.25, 0.3) is 0 Å². The second-order valence-corrected chi connectivity index (χ2v) is 5.76. The summed E-state index contributed by atoms with van der Waals surface area (Å²) in [6.07, 6.45) is 0. The van der Waals surface area contributed by atoms with Crippen LogP contribution in [-0.4, -0.2) is 19.7 Å². The van der Waals surface area contributed by atoms with Crippen molar-refractivity contribution in [1.82, 2.24) is 0 Å². The van der Waals surface area contributed by atoms with E-state index in [1.807, 2.05) is 12.1 Å². The number of benzene rings is 2. The van der Waals surface area contributed by atoms with Gasteiger partial charge >= 0.3 is 5.97 Å². The summed E-state index contributed by atoms with van der Waals surface area (Å²) in [6, 6.07) is 12.3. The number of carbonyl (C=O) groups is 1. The van der Waals surface area contributed by atoms with Crippen LogP contribution in [0.4, 0.5) is 0 Å². The van der Waals surface area contributed by atoms with Crippen molar-refractivity contribution in [3.05, 3.63) is 51.4 Å². The molecule has 0 spiro atoms. The number of ether oxygens (including phenoxy) is 3. The topological polar surface area (TPSA) is 44.8 Å². The molecule has 0 fully saturated rings. The molecule has 0 aromatic heterocycles. The smallest absolute Gasteiger partial charge is 0.349 e. The van der Waals surface area contributed by atoms with Gasteiger partial charge in [0.15, 0.2) is 18.1 Å². The average molecular weight is 416 g/mol. The predicted octanol–water partition coefficient (Wildman–Crippen LogP) is 4.20. The largest absolute Gasteiger partial charge is 0.493 e. The number of hydrogen-bond donors (Lipinski definition) is 0. The first-order chi connectivity index (χ1) is 10.1. The molecule has 6 heteroatoms. The Balaban J connectivity index is 1.96. The van der Waals surface area contributed by atoms with E-state index < -0.39 is 5.97 Å². The van der Waals surface area contributed by atoms with E-state index >= 15 is 0 Å². The first kappa shape index (κ1) is 15.9. The van der Waals surface area contributed by atoms with Crippen LogP contribution < -0.4 is 14.2 Å². The Hall–Kier alpha value is -1.53. The van der Waals surface area contributed by atoms with Crippen LogP contribution in [0.25, 0.3) is 0 Å². The average Bonchev–Trinajstić information content (AvgIpc) is 2.47. The third-order valence-corrected chi connectivity index (χ3v) is 3.65. The van der Waals surface area contributed by atoms with Crippen LogP contribution in [0, 0.1) is 0 Å². The van der Waals surface area contributed by atoms with Gasteiger partial charge in [0.2, 0.25) is 0 Å². The lowest BCUT2D eigenvalue weighted by Crippen LogP contribution is -2.18. The minimum Gasteiger partial charge on any atom is -0.493 e.